The highest BCUT2D eigenvalue weighted by atomic mass is 35.5. The minimum Gasteiger partial charge on any atom is -0.331 e. The minimum absolute atomic E-state index is 0.0387. The number of hydrogen-bond donors (Lipinski definition) is 1. The number of rotatable bonds is 8. The first-order valence-electron chi connectivity index (χ1n) is 7.67. The molecule has 25 heavy (non-hydrogen) atoms. The molecule has 0 fully saturated rings. The second kappa shape index (κ2) is 7.91. The van der Waals surface area contributed by atoms with E-state index in [2.05, 4.69) is 19.8 Å². The Bertz CT molecular complexity index is 747. The lowest BCUT2D eigenvalue weighted by Crippen LogP contribution is -2.25. The topological polar surface area (TPSA) is 77.2 Å². The van der Waals surface area contributed by atoms with Gasteiger partial charge in [-0.3, -0.25) is 4.57 Å². The maximum Gasteiger partial charge on any atom is 0.400 e. The van der Waals surface area contributed by atoms with Crippen LogP contribution in [0.15, 0.2) is 28.8 Å². The molecule has 0 aliphatic heterocycles. The number of benzene rings is 1. The fourth-order valence-electron chi connectivity index (χ4n) is 1.96. The average molecular weight is 394 g/mol. The summed E-state index contributed by atoms with van der Waals surface area (Å²) in [6.07, 6.45) is 0. The van der Waals surface area contributed by atoms with Crippen molar-refractivity contribution in [3.63, 3.8) is 0 Å². The van der Waals surface area contributed by atoms with Crippen LogP contribution in [0.3, 0.4) is 0 Å². The summed E-state index contributed by atoms with van der Waals surface area (Å²) in [6, 6.07) is 6.26. The molecule has 2 aromatic rings. The average Bonchev–Trinajstić information content (AvgIpc) is 3.04. The zero-order chi connectivity index (χ0) is 18.7. The lowest BCUT2D eigenvalue weighted by Gasteiger charge is -2.20. The third-order valence-electron chi connectivity index (χ3n) is 3.15. The highest BCUT2D eigenvalue weighted by Gasteiger charge is 2.35. The molecule has 0 aliphatic rings. The van der Waals surface area contributed by atoms with Gasteiger partial charge in [0, 0.05) is 12.1 Å². The van der Waals surface area contributed by atoms with Crippen LogP contribution in [0.2, 0.25) is 0 Å². The highest BCUT2D eigenvalue weighted by Crippen LogP contribution is 2.41. The van der Waals surface area contributed by atoms with E-state index >= 15 is 0 Å². The van der Waals surface area contributed by atoms with Crippen molar-refractivity contribution in [3.8, 4) is 11.4 Å². The van der Waals surface area contributed by atoms with Gasteiger partial charge in [-0.15, -0.1) is 0 Å². The van der Waals surface area contributed by atoms with Crippen LogP contribution in [0.5, 0.6) is 0 Å². The summed E-state index contributed by atoms with van der Waals surface area (Å²) >= 11 is 4.85. The summed E-state index contributed by atoms with van der Waals surface area (Å²) in [5.41, 5.74) is 0.423. The van der Waals surface area contributed by atoms with E-state index in [9.17, 15) is 13.3 Å². The molecule has 0 radical (unpaired) electrons. The summed E-state index contributed by atoms with van der Waals surface area (Å²) in [5, 5.41) is 3.17. The predicted octanol–water partition coefficient (Wildman–Crippen LogP) is 4.13. The molecular weight excluding hydrogens is 375 g/mol. The Morgan fingerprint density at radius 1 is 1.36 bits per heavy atom. The number of halogens is 3. The van der Waals surface area contributed by atoms with Crippen LogP contribution in [0.4, 0.5) is 8.78 Å². The number of hydrogen-bond acceptors (Lipinski definition) is 5. The van der Waals surface area contributed by atoms with Gasteiger partial charge in [0.25, 0.3) is 7.52 Å². The SMILES string of the molecule is CCOP(=O)(NCC(C)C)c1ccc(-c2noc(C(F)(F)Cl)n2)cc1. The van der Waals surface area contributed by atoms with E-state index in [1.165, 1.54) is 0 Å². The Labute approximate surface area is 149 Å². The predicted molar refractivity (Wildman–Crippen MR) is 91.2 cm³/mol. The third kappa shape index (κ3) is 5.07. The van der Waals surface area contributed by atoms with Gasteiger partial charge in [0.2, 0.25) is 5.82 Å². The van der Waals surface area contributed by atoms with Crippen LogP contribution >= 0.6 is 19.1 Å². The lowest BCUT2D eigenvalue weighted by atomic mass is 10.2. The molecule has 0 spiro atoms. The van der Waals surface area contributed by atoms with Crippen LogP contribution in [0.1, 0.15) is 26.7 Å². The van der Waals surface area contributed by atoms with E-state index in [0.29, 0.717) is 23.3 Å². The van der Waals surface area contributed by atoms with Crippen molar-refractivity contribution in [2.24, 2.45) is 5.92 Å². The van der Waals surface area contributed by atoms with Crippen LogP contribution in [0.25, 0.3) is 11.4 Å². The summed E-state index contributed by atoms with van der Waals surface area (Å²) in [4.78, 5) is 3.56. The molecule has 138 valence electrons. The standard InChI is InChI=1S/C15H19ClF2N3O3P/c1-4-23-25(22,19-9-10(2)3)12-7-5-11(6-8-12)13-20-14(24-21-13)15(16,17)18/h5-8,10H,4,9H2,1-3H3,(H,19,22). The molecule has 1 atom stereocenters. The zero-order valence-electron chi connectivity index (χ0n) is 14.0. The number of nitrogens with one attached hydrogen (secondary N) is 1. The Morgan fingerprint density at radius 2 is 2.00 bits per heavy atom. The summed E-state index contributed by atoms with van der Waals surface area (Å²) in [5.74, 6) is -0.724. The van der Waals surface area contributed by atoms with Crippen molar-refractivity contribution >= 4 is 24.4 Å². The first kappa shape index (κ1) is 20.0. The van der Waals surface area contributed by atoms with E-state index in [4.69, 9.17) is 16.1 Å². The van der Waals surface area contributed by atoms with E-state index in [-0.39, 0.29) is 12.4 Å². The van der Waals surface area contributed by atoms with Gasteiger partial charge >= 0.3 is 11.3 Å². The maximum absolute atomic E-state index is 13.0. The van der Waals surface area contributed by atoms with Gasteiger partial charge in [-0.25, -0.2) is 5.09 Å². The van der Waals surface area contributed by atoms with Gasteiger partial charge in [-0.2, -0.15) is 13.8 Å². The summed E-state index contributed by atoms with van der Waals surface area (Å²) in [6.45, 7) is 6.55. The largest absolute Gasteiger partial charge is 0.400 e. The lowest BCUT2D eigenvalue weighted by molar-refractivity contribution is 0.0551. The second-order valence-electron chi connectivity index (χ2n) is 5.69. The van der Waals surface area contributed by atoms with Crippen molar-refractivity contribution in [2.75, 3.05) is 13.2 Å². The summed E-state index contributed by atoms with van der Waals surface area (Å²) in [7, 11) is -3.21. The normalized spacial score (nSPS) is 14.7. The molecule has 6 nitrogen and oxygen atoms in total. The number of nitrogens with zero attached hydrogens (tertiary/aromatic N) is 2. The van der Waals surface area contributed by atoms with Crippen molar-refractivity contribution < 1.29 is 22.4 Å². The molecule has 1 aromatic carbocycles. The van der Waals surface area contributed by atoms with Gasteiger partial charge in [-0.1, -0.05) is 31.1 Å². The van der Waals surface area contributed by atoms with Crippen LogP contribution in [0, 0.1) is 5.92 Å². The highest BCUT2D eigenvalue weighted by molar-refractivity contribution is 7.65. The molecule has 2 rings (SSSR count). The first-order valence-corrected chi connectivity index (χ1v) is 9.67. The molecular formula is C15H19ClF2N3O3P. The van der Waals surface area contributed by atoms with Crippen LogP contribution < -0.4 is 10.4 Å². The van der Waals surface area contributed by atoms with Crippen LogP contribution in [-0.2, 0) is 14.5 Å². The van der Waals surface area contributed by atoms with E-state index in [0.717, 1.165) is 0 Å². The van der Waals surface area contributed by atoms with E-state index < -0.39 is 18.8 Å². The molecule has 0 bridgehead atoms. The van der Waals surface area contributed by atoms with E-state index in [1.807, 2.05) is 13.8 Å². The van der Waals surface area contributed by atoms with E-state index in [1.54, 1.807) is 31.2 Å². The Morgan fingerprint density at radius 3 is 2.48 bits per heavy atom. The third-order valence-corrected chi connectivity index (χ3v) is 5.51. The molecule has 0 aliphatic carbocycles. The molecule has 10 heteroatoms. The van der Waals surface area contributed by atoms with Gasteiger partial charge in [0.05, 0.1) is 11.9 Å². The van der Waals surface area contributed by atoms with Crippen molar-refractivity contribution in [3.05, 3.63) is 30.2 Å². The smallest absolute Gasteiger partial charge is 0.331 e. The fourth-order valence-corrected chi connectivity index (χ4v) is 3.97. The molecule has 1 heterocycles. The molecule has 0 amide bonds. The zero-order valence-corrected chi connectivity index (χ0v) is 15.7. The quantitative estimate of drug-likeness (QED) is 0.537. The van der Waals surface area contributed by atoms with Crippen molar-refractivity contribution in [2.45, 2.75) is 26.2 Å². The monoisotopic (exact) mass is 393 g/mol. The Balaban J connectivity index is 2.25. The van der Waals surface area contributed by atoms with Gasteiger partial charge in [0.1, 0.15) is 0 Å². The minimum atomic E-state index is -3.73. The molecule has 1 N–H and O–H groups in total. The van der Waals surface area contributed by atoms with Gasteiger partial charge < -0.3 is 9.05 Å². The summed E-state index contributed by atoms with van der Waals surface area (Å²) < 4.78 is 48.8. The Hall–Kier alpha value is -1.34. The first-order chi connectivity index (χ1) is 11.7. The van der Waals surface area contributed by atoms with Crippen molar-refractivity contribution in [1.82, 2.24) is 15.2 Å². The number of alkyl halides is 3. The molecule has 1 aromatic heterocycles. The fraction of sp³-hybridized carbons (Fsp3) is 0.467. The van der Waals surface area contributed by atoms with Crippen LogP contribution in [-0.4, -0.2) is 23.3 Å². The molecule has 0 saturated carbocycles. The van der Waals surface area contributed by atoms with Gasteiger partial charge in [0.15, 0.2) is 0 Å². The Kier molecular flexibility index (Phi) is 6.32. The van der Waals surface area contributed by atoms with Gasteiger partial charge in [-0.05, 0) is 36.6 Å². The molecule has 0 saturated heterocycles. The van der Waals surface area contributed by atoms with Crippen molar-refractivity contribution in [1.29, 1.82) is 0 Å². The maximum atomic E-state index is 13.0. The number of aromatic nitrogens is 2. The second-order valence-corrected chi connectivity index (χ2v) is 8.36. The molecule has 1 unspecified atom stereocenters.